The number of rotatable bonds is 0. The number of benzene rings is 5. The summed E-state index contributed by atoms with van der Waals surface area (Å²) in [5, 5.41) is 0. The molecule has 8 bridgehead atoms. The number of hydrogen-bond donors (Lipinski definition) is 0. The van der Waals surface area contributed by atoms with Crippen LogP contribution in [0, 0.1) is 0 Å². The number of hydrogen-bond acceptors (Lipinski definition) is 0. The van der Waals surface area contributed by atoms with E-state index in [1.54, 1.807) is 89.0 Å². The van der Waals surface area contributed by atoms with Crippen molar-refractivity contribution in [3.05, 3.63) is 174 Å². The molecule has 0 N–H and O–H groups in total. The van der Waals surface area contributed by atoms with Gasteiger partial charge in [-0.3, -0.25) is 0 Å². The first-order chi connectivity index (χ1) is 20.8. The molecule has 13 rings (SSSR count). The third-order valence-electron chi connectivity index (χ3n) is 13.8. The van der Waals surface area contributed by atoms with Crippen LogP contribution in [-0.2, 0) is 0 Å². The normalized spacial score (nSPS) is 32.4. The second-order valence-corrected chi connectivity index (χ2v) is 15.0. The maximum atomic E-state index is 2.72. The molecule has 0 saturated carbocycles. The highest BCUT2D eigenvalue weighted by molar-refractivity contribution is 5.71. The first kappa shape index (κ1) is 20.9. The summed E-state index contributed by atoms with van der Waals surface area (Å²) in [6.07, 6.45) is 5.20. The average Bonchev–Trinajstić information content (AvgIpc) is 3.89. The van der Waals surface area contributed by atoms with E-state index in [4.69, 9.17) is 0 Å². The minimum atomic E-state index is 0.607. The van der Waals surface area contributed by atoms with Gasteiger partial charge in [0.15, 0.2) is 0 Å². The zero-order chi connectivity index (χ0) is 26.6. The molecule has 8 aliphatic rings. The predicted octanol–water partition coefficient (Wildman–Crippen LogP) is 9.61. The summed E-state index contributed by atoms with van der Waals surface area (Å²) in [6.45, 7) is 0. The smallest absolute Gasteiger partial charge is 0.0104 e. The minimum absolute atomic E-state index is 0.607. The van der Waals surface area contributed by atoms with Crippen molar-refractivity contribution in [2.75, 3.05) is 0 Å². The highest BCUT2D eigenvalue weighted by atomic mass is 14.5. The summed E-state index contributed by atoms with van der Waals surface area (Å²) in [5.74, 6) is 4.93. The third-order valence-corrected chi connectivity index (χ3v) is 13.8. The van der Waals surface area contributed by atoms with Crippen LogP contribution in [0.15, 0.2) is 84.9 Å². The van der Waals surface area contributed by atoms with Gasteiger partial charge in [0.2, 0.25) is 0 Å². The Bertz CT molecular complexity index is 1860. The third kappa shape index (κ3) is 2.08. The van der Waals surface area contributed by atoms with Crippen LogP contribution >= 0.6 is 0 Å². The quantitative estimate of drug-likeness (QED) is 0.186. The van der Waals surface area contributed by atoms with E-state index < -0.39 is 0 Å². The maximum absolute atomic E-state index is 2.72. The van der Waals surface area contributed by atoms with Crippen LogP contribution in [0.25, 0.3) is 0 Å². The standard InChI is InChI=1S/C42H30/c1-2-6-20-19(5-1)23-9-24(20)28-12-32-31(11-27(23)28)35-15-36(32)40-18-42-38-16-37(41(42)17-39(35)40)33-13-29-25-10-26(30(29)14-34(33)38)22-8-4-3-7-21(22)25/h1-8,11-14,17-18,23-26,35-38H,9-10,15-16H2. The van der Waals surface area contributed by atoms with E-state index in [-0.39, 0.29) is 0 Å². The van der Waals surface area contributed by atoms with Crippen LogP contribution in [0.3, 0.4) is 0 Å². The van der Waals surface area contributed by atoms with Gasteiger partial charge in [0.05, 0.1) is 0 Å². The lowest BCUT2D eigenvalue weighted by molar-refractivity contribution is 0.776. The minimum Gasteiger partial charge on any atom is -0.0620 e. The SMILES string of the molecule is c1ccc2c(c1)C1CC2c2cc3c(cc21)C1CC3c2cc3c(cc21)C1CC3c2cc3c(cc21)C1CC3c2ccccc21. The lowest BCUT2D eigenvalue weighted by Gasteiger charge is -2.28. The Labute approximate surface area is 246 Å². The number of fused-ring (bicyclic) bond motifs is 32. The van der Waals surface area contributed by atoms with Crippen molar-refractivity contribution >= 4 is 0 Å². The van der Waals surface area contributed by atoms with Crippen LogP contribution in [0.5, 0.6) is 0 Å². The van der Waals surface area contributed by atoms with Gasteiger partial charge in [0, 0.05) is 47.3 Å². The second kappa shape index (κ2) is 6.52. The molecule has 8 aliphatic carbocycles. The Morgan fingerprint density at radius 2 is 0.405 bits per heavy atom. The molecule has 0 aliphatic heterocycles. The monoisotopic (exact) mass is 534 g/mol. The summed E-state index contributed by atoms with van der Waals surface area (Å²) in [7, 11) is 0. The molecule has 0 radical (unpaired) electrons. The molecule has 198 valence electrons. The highest BCUT2D eigenvalue weighted by Gasteiger charge is 2.50. The molecule has 0 saturated heterocycles. The molecule has 42 heavy (non-hydrogen) atoms. The zero-order valence-electron chi connectivity index (χ0n) is 23.5. The van der Waals surface area contributed by atoms with E-state index in [1.165, 1.54) is 25.7 Å². The van der Waals surface area contributed by atoms with Crippen molar-refractivity contribution in [2.45, 2.75) is 73.0 Å². The van der Waals surface area contributed by atoms with Crippen molar-refractivity contribution in [2.24, 2.45) is 0 Å². The molecule has 5 aromatic rings. The van der Waals surface area contributed by atoms with Gasteiger partial charge in [-0.05, 0) is 115 Å². The molecule has 0 nitrogen and oxygen atoms in total. The fraction of sp³-hybridized carbons (Fsp3) is 0.286. The summed E-state index contributed by atoms with van der Waals surface area (Å²) >= 11 is 0. The van der Waals surface area contributed by atoms with Gasteiger partial charge in [0.1, 0.15) is 0 Å². The Balaban J connectivity index is 0.927. The van der Waals surface area contributed by atoms with E-state index in [0.717, 1.165) is 0 Å². The van der Waals surface area contributed by atoms with Crippen molar-refractivity contribution in [3.8, 4) is 0 Å². The fourth-order valence-corrected chi connectivity index (χ4v) is 12.2. The van der Waals surface area contributed by atoms with Gasteiger partial charge >= 0.3 is 0 Å². The fourth-order valence-electron chi connectivity index (χ4n) is 12.2. The molecule has 0 heteroatoms. The summed E-state index contributed by atoms with van der Waals surface area (Å²) in [4.78, 5) is 0. The van der Waals surface area contributed by atoms with E-state index in [2.05, 4.69) is 84.9 Å². The Kier molecular flexibility index (Phi) is 3.24. The first-order valence-corrected chi connectivity index (χ1v) is 16.5. The first-order valence-electron chi connectivity index (χ1n) is 16.5. The van der Waals surface area contributed by atoms with Crippen LogP contribution in [0.1, 0.15) is 162 Å². The molecular weight excluding hydrogens is 504 g/mol. The van der Waals surface area contributed by atoms with Gasteiger partial charge in [-0.15, -0.1) is 0 Å². The molecule has 8 unspecified atom stereocenters. The lowest BCUT2D eigenvalue weighted by Crippen LogP contribution is -2.12. The largest absolute Gasteiger partial charge is 0.0620 e. The molecule has 5 aromatic carbocycles. The van der Waals surface area contributed by atoms with Crippen molar-refractivity contribution < 1.29 is 0 Å². The van der Waals surface area contributed by atoms with Crippen LogP contribution in [0.2, 0.25) is 0 Å². The van der Waals surface area contributed by atoms with Gasteiger partial charge in [-0.1, -0.05) is 84.9 Å². The maximum Gasteiger partial charge on any atom is 0.0104 e. The van der Waals surface area contributed by atoms with Gasteiger partial charge in [0.25, 0.3) is 0 Å². The van der Waals surface area contributed by atoms with Crippen LogP contribution in [-0.4, -0.2) is 0 Å². The van der Waals surface area contributed by atoms with E-state index in [9.17, 15) is 0 Å². The lowest BCUT2D eigenvalue weighted by atomic mass is 9.75. The van der Waals surface area contributed by atoms with E-state index >= 15 is 0 Å². The molecule has 0 spiro atoms. The summed E-state index contributed by atoms with van der Waals surface area (Å²) in [5.41, 5.74) is 26.5. The molecule has 0 aromatic heterocycles. The molecule has 8 atom stereocenters. The molecular formula is C42H30. The van der Waals surface area contributed by atoms with Gasteiger partial charge < -0.3 is 0 Å². The van der Waals surface area contributed by atoms with Crippen LogP contribution < -0.4 is 0 Å². The van der Waals surface area contributed by atoms with Gasteiger partial charge in [-0.25, -0.2) is 0 Å². The Morgan fingerprint density at radius 3 is 0.595 bits per heavy atom. The Hall–Kier alpha value is -3.90. The summed E-state index contributed by atoms with van der Waals surface area (Å²) < 4.78 is 0. The van der Waals surface area contributed by atoms with E-state index in [1.807, 2.05) is 0 Å². The predicted molar refractivity (Wildman–Crippen MR) is 165 cm³/mol. The zero-order valence-corrected chi connectivity index (χ0v) is 23.5. The van der Waals surface area contributed by atoms with Crippen LogP contribution in [0.4, 0.5) is 0 Å². The average molecular weight is 535 g/mol. The second-order valence-electron chi connectivity index (χ2n) is 15.0. The Morgan fingerprint density at radius 1 is 0.238 bits per heavy atom. The van der Waals surface area contributed by atoms with Crippen molar-refractivity contribution in [1.29, 1.82) is 0 Å². The van der Waals surface area contributed by atoms with E-state index in [0.29, 0.717) is 47.3 Å². The topological polar surface area (TPSA) is 0 Å². The molecule has 0 heterocycles. The molecule has 0 amide bonds. The van der Waals surface area contributed by atoms with Gasteiger partial charge in [-0.2, -0.15) is 0 Å². The van der Waals surface area contributed by atoms with Crippen molar-refractivity contribution in [1.82, 2.24) is 0 Å². The highest BCUT2D eigenvalue weighted by Crippen LogP contribution is 2.66. The molecule has 0 fully saturated rings. The summed E-state index contributed by atoms with van der Waals surface area (Å²) in [6, 6.07) is 34.7. The van der Waals surface area contributed by atoms with Crippen molar-refractivity contribution in [3.63, 3.8) is 0 Å².